The maximum absolute atomic E-state index is 11.3. The Balaban J connectivity index is 3.05. The van der Waals surface area contributed by atoms with Crippen molar-refractivity contribution in [1.82, 2.24) is 0 Å². The maximum Gasteiger partial charge on any atom is 0.295 e. The lowest BCUT2D eigenvalue weighted by molar-refractivity contribution is 0.482. The largest absolute Gasteiger partial charge is 0.295 e. The number of hydrogen-bond acceptors (Lipinski definition) is 5. The zero-order chi connectivity index (χ0) is 15.1. The minimum atomic E-state index is -4.57. The lowest BCUT2D eigenvalue weighted by atomic mass is 10.1. The summed E-state index contributed by atoms with van der Waals surface area (Å²) in [5.74, 6) is 0. The summed E-state index contributed by atoms with van der Waals surface area (Å²) >= 11 is 0. The van der Waals surface area contributed by atoms with E-state index >= 15 is 0 Å². The van der Waals surface area contributed by atoms with E-state index in [1.54, 1.807) is 6.07 Å². The summed E-state index contributed by atoms with van der Waals surface area (Å²) in [5.41, 5.74) is -0.289. The summed E-state index contributed by atoms with van der Waals surface area (Å²) in [5, 5.41) is 9.00. The molecular formula is C11H7NO6S2. The van der Waals surface area contributed by atoms with E-state index in [1.807, 2.05) is 0 Å². The van der Waals surface area contributed by atoms with E-state index in [2.05, 4.69) is 0 Å². The Morgan fingerprint density at radius 3 is 2.15 bits per heavy atom. The Labute approximate surface area is 114 Å². The van der Waals surface area contributed by atoms with Gasteiger partial charge in [0.1, 0.15) is 4.90 Å². The molecule has 0 saturated carbocycles. The highest BCUT2D eigenvalue weighted by atomic mass is 32.2. The van der Waals surface area contributed by atoms with Gasteiger partial charge in [-0.3, -0.25) is 9.11 Å². The van der Waals surface area contributed by atoms with E-state index in [0.29, 0.717) is 0 Å². The summed E-state index contributed by atoms with van der Waals surface area (Å²) in [7, 11) is -9.11. The predicted octanol–water partition coefficient (Wildman–Crippen LogP) is 1.20. The normalized spacial score (nSPS) is 12.2. The average molecular weight is 313 g/mol. The molecule has 0 bridgehead atoms. The van der Waals surface area contributed by atoms with Crippen molar-refractivity contribution in [2.75, 3.05) is 0 Å². The standard InChI is InChI=1S/C11H7NO6S2/c12-6-8-5-9(19(13,14)15)4-7-2-1-3-10(11(7)8)20(16,17)18/h1-5H,(H,13,14,15)(H,16,17,18). The number of hydrogen-bond donors (Lipinski definition) is 2. The zero-order valence-corrected chi connectivity index (χ0v) is 11.3. The predicted molar refractivity (Wildman–Crippen MR) is 68.3 cm³/mol. The van der Waals surface area contributed by atoms with Gasteiger partial charge in [-0.05, 0) is 23.6 Å². The quantitative estimate of drug-likeness (QED) is 0.796. The van der Waals surface area contributed by atoms with Crippen LogP contribution < -0.4 is 0 Å². The maximum atomic E-state index is 11.3. The SMILES string of the molecule is N#Cc1cc(S(=O)(=O)O)cc2cccc(S(=O)(=O)O)c12. The van der Waals surface area contributed by atoms with Crippen LogP contribution in [0.1, 0.15) is 5.56 Å². The van der Waals surface area contributed by atoms with Gasteiger partial charge in [-0.15, -0.1) is 0 Å². The second-order valence-electron chi connectivity index (χ2n) is 3.89. The molecule has 2 rings (SSSR count). The van der Waals surface area contributed by atoms with Crippen molar-refractivity contribution in [1.29, 1.82) is 5.26 Å². The molecule has 7 nitrogen and oxygen atoms in total. The molecule has 0 fully saturated rings. The summed E-state index contributed by atoms with van der Waals surface area (Å²) < 4.78 is 62.9. The van der Waals surface area contributed by atoms with Gasteiger partial charge in [0.25, 0.3) is 20.2 Å². The van der Waals surface area contributed by atoms with Gasteiger partial charge in [0.15, 0.2) is 0 Å². The van der Waals surface area contributed by atoms with E-state index in [0.717, 1.165) is 18.2 Å². The van der Waals surface area contributed by atoms with Crippen molar-refractivity contribution in [3.05, 3.63) is 35.9 Å². The van der Waals surface area contributed by atoms with Gasteiger partial charge in [0, 0.05) is 5.39 Å². The number of nitrogens with zero attached hydrogens (tertiary/aromatic N) is 1. The molecule has 0 radical (unpaired) electrons. The van der Waals surface area contributed by atoms with Crippen LogP contribution in [0, 0.1) is 11.3 Å². The number of fused-ring (bicyclic) bond motifs is 1. The molecule has 0 heterocycles. The van der Waals surface area contributed by atoms with E-state index in [-0.39, 0.29) is 16.3 Å². The highest BCUT2D eigenvalue weighted by molar-refractivity contribution is 7.86. The fourth-order valence-corrected chi connectivity index (χ4v) is 3.10. The molecule has 2 aromatic rings. The Morgan fingerprint density at radius 2 is 1.65 bits per heavy atom. The molecule has 2 N–H and O–H groups in total. The molecule has 104 valence electrons. The van der Waals surface area contributed by atoms with Crippen LogP contribution in [0.4, 0.5) is 0 Å². The Hall–Kier alpha value is -1.99. The van der Waals surface area contributed by atoms with Crippen LogP contribution in [0.2, 0.25) is 0 Å². The Morgan fingerprint density at radius 1 is 1.00 bits per heavy atom. The first-order valence-corrected chi connectivity index (χ1v) is 7.94. The first-order chi connectivity index (χ1) is 9.14. The molecule has 0 amide bonds. The molecule has 0 atom stereocenters. The lowest BCUT2D eigenvalue weighted by Crippen LogP contribution is -2.03. The Kier molecular flexibility index (Phi) is 3.27. The number of rotatable bonds is 2. The van der Waals surface area contributed by atoms with E-state index < -0.39 is 30.0 Å². The first kappa shape index (κ1) is 14.4. The molecule has 0 saturated heterocycles. The van der Waals surface area contributed by atoms with Crippen LogP contribution in [0.5, 0.6) is 0 Å². The third-order valence-electron chi connectivity index (χ3n) is 2.61. The third-order valence-corrected chi connectivity index (χ3v) is 4.34. The number of benzene rings is 2. The summed E-state index contributed by atoms with van der Waals surface area (Å²) in [4.78, 5) is -1.04. The van der Waals surface area contributed by atoms with Gasteiger partial charge in [-0.25, -0.2) is 0 Å². The second kappa shape index (κ2) is 4.53. The smallest absolute Gasteiger partial charge is 0.282 e. The van der Waals surface area contributed by atoms with Crippen LogP contribution in [-0.2, 0) is 20.2 Å². The topological polar surface area (TPSA) is 133 Å². The molecule has 0 aliphatic carbocycles. The number of nitriles is 1. The van der Waals surface area contributed by atoms with Crippen molar-refractivity contribution in [3.63, 3.8) is 0 Å². The molecule has 2 aromatic carbocycles. The molecule has 0 aromatic heterocycles. The summed E-state index contributed by atoms with van der Waals surface area (Å²) in [6.07, 6.45) is 0. The molecule has 0 aliphatic heterocycles. The van der Waals surface area contributed by atoms with E-state index in [9.17, 15) is 16.8 Å². The fourth-order valence-electron chi connectivity index (χ4n) is 1.82. The van der Waals surface area contributed by atoms with Gasteiger partial charge in [0.05, 0.1) is 16.5 Å². The third kappa shape index (κ3) is 2.50. The van der Waals surface area contributed by atoms with Gasteiger partial charge >= 0.3 is 0 Å². The van der Waals surface area contributed by atoms with Crippen molar-refractivity contribution in [2.24, 2.45) is 0 Å². The van der Waals surface area contributed by atoms with Crippen LogP contribution in [0.15, 0.2) is 40.1 Å². The van der Waals surface area contributed by atoms with Gasteiger partial charge in [-0.2, -0.15) is 22.1 Å². The van der Waals surface area contributed by atoms with Crippen LogP contribution in [0.3, 0.4) is 0 Å². The van der Waals surface area contributed by atoms with Crippen molar-refractivity contribution in [3.8, 4) is 6.07 Å². The summed E-state index contributed by atoms with van der Waals surface area (Å²) in [6.45, 7) is 0. The zero-order valence-electron chi connectivity index (χ0n) is 9.68. The van der Waals surface area contributed by atoms with Gasteiger partial charge in [0.2, 0.25) is 0 Å². The van der Waals surface area contributed by atoms with E-state index in [1.165, 1.54) is 12.1 Å². The monoisotopic (exact) mass is 313 g/mol. The van der Waals surface area contributed by atoms with Crippen LogP contribution in [-0.4, -0.2) is 25.9 Å². The van der Waals surface area contributed by atoms with Gasteiger partial charge < -0.3 is 0 Å². The minimum Gasteiger partial charge on any atom is -0.282 e. The lowest BCUT2D eigenvalue weighted by Gasteiger charge is -2.07. The molecular weight excluding hydrogens is 306 g/mol. The molecule has 0 aliphatic rings. The molecule has 0 spiro atoms. The molecule has 9 heteroatoms. The van der Waals surface area contributed by atoms with Crippen molar-refractivity contribution in [2.45, 2.75) is 9.79 Å². The second-order valence-corrected chi connectivity index (χ2v) is 6.70. The average Bonchev–Trinajstić information content (AvgIpc) is 2.34. The minimum absolute atomic E-state index is 0.0896. The van der Waals surface area contributed by atoms with Crippen LogP contribution >= 0.6 is 0 Å². The molecule has 20 heavy (non-hydrogen) atoms. The van der Waals surface area contributed by atoms with E-state index in [4.69, 9.17) is 14.4 Å². The van der Waals surface area contributed by atoms with Crippen LogP contribution in [0.25, 0.3) is 10.8 Å². The first-order valence-electron chi connectivity index (χ1n) is 5.06. The van der Waals surface area contributed by atoms with Crippen molar-refractivity contribution >= 4 is 31.0 Å². The van der Waals surface area contributed by atoms with Gasteiger partial charge in [-0.1, -0.05) is 12.1 Å². The fraction of sp³-hybridized carbons (Fsp3) is 0. The van der Waals surface area contributed by atoms with Crippen molar-refractivity contribution < 1.29 is 25.9 Å². The Bertz CT molecular complexity index is 954. The highest BCUT2D eigenvalue weighted by Gasteiger charge is 2.20. The molecule has 0 unspecified atom stereocenters. The summed E-state index contributed by atoms with van der Waals surface area (Å²) in [6, 6.07) is 7.23. The highest BCUT2D eigenvalue weighted by Crippen LogP contribution is 2.29.